The van der Waals surface area contributed by atoms with Crippen LogP contribution in [0.1, 0.15) is 0 Å². The molecule has 0 amide bonds. The molecule has 0 aromatic rings. The van der Waals surface area contributed by atoms with E-state index in [9.17, 15) is 4.39 Å². The second kappa shape index (κ2) is 2.47. The van der Waals surface area contributed by atoms with Crippen LogP contribution in [0.25, 0.3) is 0 Å². The van der Waals surface area contributed by atoms with Crippen molar-refractivity contribution in [2.45, 2.75) is 0 Å². The van der Waals surface area contributed by atoms with Crippen molar-refractivity contribution in [3.63, 3.8) is 0 Å². The molecule has 0 aliphatic carbocycles. The van der Waals surface area contributed by atoms with Gasteiger partial charge < -0.3 is 5.73 Å². The Morgan fingerprint density at radius 2 is 2.25 bits per heavy atom. The van der Waals surface area contributed by atoms with Crippen molar-refractivity contribution in [1.82, 2.24) is 0 Å². The fourth-order valence-electron chi connectivity index (χ4n) is 0. The first-order chi connectivity index (χ1) is 1.91. The van der Waals surface area contributed by atoms with E-state index in [1.165, 1.54) is 0 Å². The third-order valence-electron chi connectivity index (χ3n) is 0.0630. The first kappa shape index (κ1) is 3.47. The Hall–Kier alpha value is -0.530. The topological polar surface area (TPSA) is 26.0 Å². The summed E-state index contributed by atoms with van der Waals surface area (Å²) in [5.41, 5.74) is 4.35. The van der Waals surface area contributed by atoms with Gasteiger partial charge in [-0.1, -0.05) is 0 Å². The van der Waals surface area contributed by atoms with Crippen LogP contribution in [0.3, 0.4) is 0 Å². The van der Waals surface area contributed by atoms with Gasteiger partial charge in [0.25, 0.3) is 0 Å². The van der Waals surface area contributed by atoms with E-state index < -0.39 is 0 Å². The van der Waals surface area contributed by atoms with Crippen molar-refractivity contribution in [1.29, 1.82) is 0 Å². The molecule has 23 valence electrons. The molecule has 2 N–H and O–H groups in total. The average Bonchev–Trinajstić information content (AvgIpc) is 1.37. The lowest BCUT2D eigenvalue weighted by atomic mass is 11.1. The van der Waals surface area contributed by atoms with Crippen molar-refractivity contribution in [3.05, 3.63) is 12.5 Å². The Labute approximate surface area is 23.9 Å². The molecular weight excluding hydrogens is 57.0 g/mol. The third-order valence-corrected chi connectivity index (χ3v) is 0.0630. The quantitative estimate of drug-likeness (QED) is 0.397. The normalized spacial score (nSPS) is 9.25. The first-order valence-electron chi connectivity index (χ1n) is 0.796. The minimum atomic E-state index is 0.153. The molecule has 0 aromatic heterocycles. The summed E-state index contributed by atoms with van der Waals surface area (Å²) in [7, 11) is 0. The maximum atomic E-state index is 10.4. The fraction of sp³-hybridized carbons (Fsp3) is 0. The molecule has 0 heterocycles. The highest BCUT2D eigenvalue weighted by molar-refractivity contribution is 4.46. The van der Waals surface area contributed by atoms with Crippen LogP contribution in [0.2, 0.25) is 0 Å². The van der Waals surface area contributed by atoms with Crippen LogP contribution in [0, 0.1) is 6.20 Å². The standard InChI is InChI=1S/C2H3FN/c3-1-2-4/h1H,4H2. The molecule has 0 unspecified atom stereocenters. The van der Waals surface area contributed by atoms with Crippen LogP contribution in [0.5, 0.6) is 0 Å². The summed E-state index contributed by atoms with van der Waals surface area (Å²) in [5, 5.41) is 0. The van der Waals surface area contributed by atoms with E-state index in [4.69, 9.17) is 0 Å². The highest BCUT2D eigenvalue weighted by Gasteiger charge is 1.40. The Morgan fingerprint density at radius 3 is 2.25 bits per heavy atom. The fourth-order valence-corrected chi connectivity index (χ4v) is 0. The van der Waals surface area contributed by atoms with E-state index >= 15 is 0 Å². The van der Waals surface area contributed by atoms with E-state index in [0.29, 0.717) is 0 Å². The molecule has 0 aliphatic heterocycles. The zero-order valence-corrected chi connectivity index (χ0v) is 2.03. The third kappa shape index (κ3) is 1.47. The lowest BCUT2D eigenvalue weighted by Crippen LogP contribution is -1.71. The van der Waals surface area contributed by atoms with Crippen LogP contribution in [-0.2, 0) is 0 Å². The first-order valence-corrected chi connectivity index (χ1v) is 0.796. The van der Waals surface area contributed by atoms with E-state index in [2.05, 4.69) is 5.73 Å². The molecule has 0 aliphatic rings. The van der Waals surface area contributed by atoms with Gasteiger partial charge in [0.05, 0.1) is 6.20 Å². The molecule has 0 bridgehead atoms. The SMILES string of the molecule is N[C]=CF. The molecule has 2 heteroatoms. The predicted octanol–water partition coefficient (Wildman–Crippen LogP) is 0.189. The molecule has 0 saturated heterocycles. The maximum absolute atomic E-state index is 10.4. The Bertz CT molecular complexity index is 21.2. The van der Waals surface area contributed by atoms with E-state index in [1.807, 2.05) is 0 Å². The molecule has 4 heavy (non-hydrogen) atoms. The van der Waals surface area contributed by atoms with Crippen molar-refractivity contribution in [2.75, 3.05) is 0 Å². The van der Waals surface area contributed by atoms with Crippen molar-refractivity contribution in [3.8, 4) is 0 Å². The van der Waals surface area contributed by atoms with Crippen molar-refractivity contribution in [2.24, 2.45) is 5.73 Å². The predicted molar refractivity (Wildman–Crippen MR) is 13.1 cm³/mol. The smallest absolute Gasteiger partial charge is 0.112 e. The van der Waals surface area contributed by atoms with Gasteiger partial charge in [0, 0.05) is 0 Å². The summed E-state index contributed by atoms with van der Waals surface area (Å²) >= 11 is 0. The summed E-state index contributed by atoms with van der Waals surface area (Å²) in [6, 6.07) is 0. The lowest BCUT2D eigenvalue weighted by molar-refractivity contribution is 0.714. The number of hydrogen-bond acceptors (Lipinski definition) is 1. The van der Waals surface area contributed by atoms with Gasteiger partial charge >= 0.3 is 0 Å². The van der Waals surface area contributed by atoms with Crippen LogP contribution in [0.15, 0.2) is 6.33 Å². The Kier molecular flexibility index (Phi) is 2.14. The minimum Gasteiger partial charge on any atom is -0.395 e. The molecule has 1 radical (unpaired) electrons. The van der Waals surface area contributed by atoms with Crippen LogP contribution >= 0.6 is 0 Å². The summed E-state index contributed by atoms with van der Waals surface area (Å²) in [6.07, 6.45) is 1.79. The number of hydrogen-bond donors (Lipinski definition) is 1. The summed E-state index contributed by atoms with van der Waals surface area (Å²) in [4.78, 5) is 0. The Balaban J connectivity index is 2.55. The minimum absolute atomic E-state index is 0.153. The molecule has 0 atom stereocenters. The average molecular weight is 60.1 g/mol. The van der Waals surface area contributed by atoms with Crippen LogP contribution < -0.4 is 5.73 Å². The van der Waals surface area contributed by atoms with Crippen molar-refractivity contribution < 1.29 is 4.39 Å². The van der Waals surface area contributed by atoms with Gasteiger partial charge in [-0.05, 0) is 0 Å². The Morgan fingerprint density at radius 1 is 2.00 bits per heavy atom. The molecule has 1 nitrogen and oxygen atoms in total. The maximum Gasteiger partial charge on any atom is 0.112 e. The molecule has 0 fully saturated rings. The van der Waals surface area contributed by atoms with Crippen LogP contribution in [0.4, 0.5) is 4.39 Å². The zero-order chi connectivity index (χ0) is 3.41. The highest BCUT2D eigenvalue weighted by Crippen LogP contribution is 1.53. The van der Waals surface area contributed by atoms with Gasteiger partial charge in [-0.2, -0.15) is 0 Å². The van der Waals surface area contributed by atoms with Crippen molar-refractivity contribution >= 4 is 0 Å². The van der Waals surface area contributed by atoms with E-state index in [0.717, 1.165) is 0 Å². The second-order valence-electron chi connectivity index (χ2n) is 0.276. The van der Waals surface area contributed by atoms with Crippen LogP contribution in [-0.4, -0.2) is 0 Å². The van der Waals surface area contributed by atoms with Gasteiger partial charge in [0.1, 0.15) is 6.33 Å². The van der Waals surface area contributed by atoms with Gasteiger partial charge in [0.15, 0.2) is 0 Å². The lowest BCUT2D eigenvalue weighted by Gasteiger charge is -1.47. The number of rotatable bonds is 0. The largest absolute Gasteiger partial charge is 0.395 e. The number of nitrogens with two attached hydrogens (primary N) is 1. The van der Waals surface area contributed by atoms with Gasteiger partial charge in [-0.25, -0.2) is 4.39 Å². The summed E-state index contributed by atoms with van der Waals surface area (Å²) < 4.78 is 10.4. The van der Waals surface area contributed by atoms with Gasteiger partial charge in [0.2, 0.25) is 0 Å². The molecular formula is C2H3FN. The highest BCUT2D eigenvalue weighted by atomic mass is 19.1. The number of halogens is 1. The summed E-state index contributed by atoms with van der Waals surface area (Å²) in [5.74, 6) is 0. The molecule has 0 rings (SSSR count). The van der Waals surface area contributed by atoms with E-state index in [-0.39, 0.29) is 6.33 Å². The molecule has 0 spiro atoms. The second-order valence-corrected chi connectivity index (χ2v) is 0.276. The van der Waals surface area contributed by atoms with E-state index in [1.54, 1.807) is 6.20 Å². The zero-order valence-electron chi connectivity index (χ0n) is 2.03. The van der Waals surface area contributed by atoms with Gasteiger partial charge in [-0.15, -0.1) is 0 Å². The van der Waals surface area contributed by atoms with Gasteiger partial charge in [-0.3, -0.25) is 0 Å². The molecule has 0 aromatic carbocycles. The molecule has 0 saturated carbocycles. The summed E-state index contributed by atoms with van der Waals surface area (Å²) in [6.45, 7) is 0. The monoisotopic (exact) mass is 60.0 g/mol.